The topological polar surface area (TPSA) is 37.8 Å². The van der Waals surface area contributed by atoms with Crippen LogP contribution in [0.2, 0.25) is 0 Å². The molecule has 2 aliphatic carbocycles. The van der Waals surface area contributed by atoms with Crippen LogP contribution in [0.5, 0.6) is 0 Å². The Morgan fingerprint density at radius 1 is 1.33 bits per heavy atom. The Bertz CT molecular complexity index is 398. The lowest BCUT2D eigenvalue weighted by Crippen LogP contribution is -2.12. The van der Waals surface area contributed by atoms with Gasteiger partial charge in [0.2, 0.25) is 0 Å². The SMILES string of the molecule is CC1(C)CC1Nc1ncnc2c1CCC2. The van der Waals surface area contributed by atoms with Crippen LogP contribution in [0.15, 0.2) is 6.33 Å². The van der Waals surface area contributed by atoms with Crippen molar-refractivity contribution in [3.05, 3.63) is 17.6 Å². The van der Waals surface area contributed by atoms with E-state index in [-0.39, 0.29) is 0 Å². The van der Waals surface area contributed by atoms with Crippen LogP contribution >= 0.6 is 0 Å². The summed E-state index contributed by atoms with van der Waals surface area (Å²) in [4.78, 5) is 8.71. The van der Waals surface area contributed by atoms with Crippen molar-refractivity contribution in [2.45, 2.75) is 45.6 Å². The van der Waals surface area contributed by atoms with Gasteiger partial charge in [-0.15, -0.1) is 0 Å². The van der Waals surface area contributed by atoms with Crippen molar-refractivity contribution in [3.63, 3.8) is 0 Å². The van der Waals surface area contributed by atoms with E-state index >= 15 is 0 Å². The molecule has 1 heterocycles. The van der Waals surface area contributed by atoms with Crippen molar-refractivity contribution in [2.75, 3.05) is 5.32 Å². The van der Waals surface area contributed by atoms with Gasteiger partial charge in [-0.05, 0) is 31.1 Å². The first-order valence-electron chi connectivity index (χ1n) is 5.76. The molecular formula is C12H17N3. The van der Waals surface area contributed by atoms with Gasteiger partial charge in [-0.2, -0.15) is 0 Å². The number of rotatable bonds is 2. The summed E-state index contributed by atoms with van der Waals surface area (Å²) < 4.78 is 0. The number of fused-ring (bicyclic) bond motifs is 1. The zero-order valence-electron chi connectivity index (χ0n) is 9.38. The molecule has 1 atom stereocenters. The zero-order chi connectivity index (χ0) is 10.5. The second-order valence-electron chi connectivity index (χ2n) is 5.39. The maximum Gasteiger partial charge on any atom is 0.133 e. The normalized spacial score (nSPS) is 26.1. The van der Waals surface area contributed by atoms with E-state index in [4.69, 9.17) is 0 Å². The molecule has 0 spiro atoms. The van der Waals surface area contributed by atoms with Gasteiger partial charge in [-0.25, -0.2) is 9.97 Å². The Morgan fingerprint density at radius 2 is 2.13 bits per heavy atom. The van der Waals surface area contributed by atoms with Crippen molar-refractivity contribution >= 4 is 5.82 Å². The second kappa shape index (κ2) is 2.94. The van der Waals surface area contributed by atoms with E-state index in [2.05, 4.69) is 29.1 Å². The highest BCUT2D eigenvalue weighted by atomic mass is 15.1. The summed E-state index contributed by atoms with van der Waals surface area (Å²) in [5.74, 6) is 1.09. The molecule has 1 aromatic rings. The van der Waals surface area contributed by atoms with Gasteiger partial charge in [0.15, 0.2) is 0 Å². The monoisotopic (exact) mass is 203 g/mol. The molecule has 0 saturated heterocycles. The van der Waals surface area contributed by atoms with Gasteiger partial charge in [0, 0.05) is 17.3 Å². The molecule has 0 aliphatic heterocycles. The zero-order valence-corrected chi connectivity index (χ0v) is 9.38. The number of nitrogens with zero attached hydrogens (tertiary/aromatic N) is 2. The standard InChI is InChI=1S/C12H17N3/c1-12(2)6-10(12)15-11-8-4-3-5-9(8)13-7-14-11/h7,10H,3-6H2,1-2H3,(H,13,14,15). The lowest BCUT2D eigenvalue weighted by atomic mass is 10.2. The second-order valence-corrected chi connectivity index (χ2v) is 5.39. The van der Waals surface area contributed by atoms with E-state index < -0.39 is 0 Å². The van der Waals surface area contributed by atoms with Crippen molar-refractivity contribution in [1.29, 1.82) is 0 Å². The molecule has 0 aromatic carbocycles. The average molecular weight is 203 g/mol. The number of aromatic nitrogens is 2. The third-order valence-electron chi connectivity index (χ3n) is 3.70. The van der Waals surface area contributed by atoms with Crippen LogP contribution in [-0.2, 0) is 12.8 Å². The number of anilines is 1. The fourth-order valence-corrected chi connectivity index (χ4v) is 2.36. The van der Waals surface area contributed by atoms with Gasteiger partial charge < -0.3 is 5.32 Å². The van der Waals surface area contributed by atoms with Gasteiger partial charge >= 0.3 is 0 Å². The molecule has 1 saturated carbocycles. The molecule has 3 nitrogen and oxygen atoms in total. The van der Waals surface area contributed by atoms with E-state index in [0.717, 1.165) is 18.7 Å². The molecular weight excluding hydrogens is 186 g/mol. The summed E-state index contributed by atoms with van der Waals surface area (Å²) in [6, 6.07) is 0.608. The first-order chi connectivity index (χ1) is 7.17. The number of nitrogens with one attached hydrogen (secondary N) is 1. The number of aryl methyl sites for hydroxylation is 1. The fraction of sp³-hybridized carbons (Fsp3) is 0.667. The molecule has 2 aliphatic rings. The van der Waals surface area contributed by atoms with Gasteiger partial charge in [-0.3, -0.25) is 0 Å². The quantitative estimate of drug-likeness (QED) is 0.800. The van der Waals surface area contributed by atoms with Crippen LogP contribution in [-0.4, -0.2) is 16.0 Å². The van der Waals surface area contributed by atoms with Gasteiger partial charge in [-0.1, -0.05) is 13.8 Å². The molecule has 0 bridgehead atoms. The summed E-state index contributed by atoms with van der Waals surface area (Å²) in [6.45, 7) is 4.60. The van der Waals surface area contributed by atoms with Crippen LogP contribution in [0.4, 0.5) is 5.82 Å². The Kier molecular flexibility index (Phi) is 1.79. The first kappa shape index (κ1) is 9.13. The smallest absolute Gasteiger partial charge is 0.133 e. The lowest BCUT2D eigenvalue weighted by molar-refractivity contribution is 0.629. The molecule has 1 unspecified atom stereocenters. The Labute approximate surface area is 90.3 Å². The average Bonchev–Trinajstić information content (AvgIpc) is 2.66. The minimum absolute atomic E-state index is 0.455. The molecule has 0 radical (unpaired) electrons. The molecule has 0 amide bonds. The van der Waals surface area contributed by atoms with Crippen LogP contribution in [0, 0.1) is 5.41 Å². The van der Waals surface area contributed by atoms with Gasteiger partial charge in [0.05, 0.1) is 0 Å². The molecule has 15 heavy (non-hydrogen) atoms. The Balaban J connectivity index is 1.84. The summed E-state index contributed by atoms with van der Waals surface area (Å²) in [7, 11) is 0. The summed E-state index contributed by atoms with van der Waals surface area (Å²) in [5, 5.41) is 3.56. The van der Waals surface area contributed by atoms with Crippen LogP contribution in [0.3, 0.4) is 0 Å². The highest BCUT2D eigenvalue weighted by Gasteiger charge is 2.46. The molecule has 80 valence electrons. The van der Waals surface area contributed by atoms with Crippen molar-refractivity contribution < 1.29 is 0 Å². The lowest BCUT2D eigenvalue weighted by Gasteiger charge is -2.10. The maximum atomic E-state index is 4.37. The predicted octanol–water partition coefficient (Wildman–Crippen LogP) is 2.18. The Morgan fingerprint density at radius 3 is 2.87 bits per heavy atom. The predicted molar refractivity (Wildman–Crippen MR) is 59.9 cm³/mol. The van der Waals surface area contributed by atoms with E-state index in [1.54, 1.807) is 6.33 Å². The fourth-order valence-electron chi connectivity index (χ4n) is 2.36. The van der Waals surface area contributed by atoms with Crippen LogP contribution in [0.1, 0.15) is 37.9 Å². The summed E-state index contributed by atoms with van der Waals surface area (Å²) in [5.41, 5.74) is 3.07. The minimum Gasteiger partial charge on any atom is -0.366 e. The summed E-state index contributed by atoms with van der Waals surface area (Å²) >= 11 is 0. The van der Waals surface area contributed by atoms with Crippen LogP contribution < -0.4 is 5.32 Å². The van der Waals surface area contributed by atoms with Crippen LogP contribution in [0.25, 0.3) is 0 Å². The third-order valence-corrected chi connectivity index (χ3v) is 3.70. The van der Waals surface area contributed by atoms with Gasteiger partial charge in [0.1, 0.15) is 12.1 Å². The maximum absolute atomic E-state index is 4.37. The molecule has 1 fully saturated rings. The highest BCUT2D eigenvalue weighted by molar-refractivity contribution is 5.50. The number of hydrogen-bond acceptors (Lipinski definition) is 3. The molecule has 3 heteroatoms. The third kappa shape index (κ3) is 1.50. The van der Waals surface area contributed by atoms with E-state index in [9.17, 15) is 0 Å². The van der Waals surface area contributed by atoms with E-state index in [1.807, 2.05) is 0 Å². The van der Waals surface area contributed by atoms with Crippen molar-refractivity contribution in [2.24, 2.45) is 5.41 Å². The van der Waals surface area contributed by atoms with Crippen molar-refractivity contribution in [3.8, 4) is 0 Å². The largest absolute Gasteiger partial charge is 0.366 e. The van der Waals surface area contributed by atoms with E-state index in [0.29, 0.717) is 11.5 Å². The molecule has 3 rings (SSSR count). The van der Waals surface area contributed by atoms with E-state index in [1.165, 1.54) is 24.1 Å². The summed E-state index contributed by atoms with van der Waals surface area (Å²) in [6.07, 6.45) is 6.46. The molecule has 1 N–H and O–H groups in total. The minimum atomic E-state index is 0.455. The van der Waals surface area contributed by atoms with Crippen molar-refractivity contribution in [1.82, 2.24) is 9.97 Å². The highest BCUT2D eigenvalue weighted by Crippen LogP contribution is 2.46. The Hall–Kier alpha value is -1.12. The van der Waals surface area contributed by atoms with Gasteiger partial charge in [0.25, 0.3) is 0 Å². The number of hydrogen-bond donors (Lipinski definition) is 1. The first-order valence-corrected chi connectivity index (χ1v) is 5.76. The molecule has 1 aromatic heterocycles.